The molecule has 8 heteroatoms. The Kier molecular flexibility index (Phi) is 5.35. The van der Waals surface area contributed by atoms with Gasteiger partial charge < -0.3 is 5.32 Å². The first-order valence-electron chi connectivity index (χ1n) is 13.2. The van der Waals surface area contributed by atoms with Crippen molar-refractivity contribution in [3.63, 3.8) is 0 Å². The summed E-state index contributed by atoms with van der Waals surface area (Å²) < 4.78 is 28.5. The van der Waals surface area contributed by atoms with E-state index in [-0.39, 0.29) is 16.2 Å². The van der Waals surface area contributed by atoms with Crippen molar-refractivity contribution in [2.24, 2.45) is 5.41 Å². The number of fused-ring (bicyclic) bond motifs is 6. The van der Waals surface area contributed by atoms with Gasteiger partial charge in [-0.2, -0.15) is 4.31 Å². The SMILES string of the molecule is Cc1ccc(NC(=O)C23CCC(C)(c4nc5ccccc5nc42)C3(C)C)cc1S(=O)(=O)N1CCCCC1. The molecule has 194 valence electrons. The lowest BCUT2D eigenvalue weighted by molar-refractivity contribution is -0.125. The molecular weight excluding hydrogens is 484 g/mol. The van der Waals surface area contributed by atoms with Crippen molar-refractivity contribution in [1.29, 1.82) is 0 Å². The van der Waals surface area contributed by atoms with Crippen LogP contribution in [0.2, 0.25) is 0 Å². The zero-order valence-electron chi connectivity index (χ0n) is 22.0. The molecule has 1 aromatic heterocycles. The number of carbonyl (C=O) groups excluding carboxylic acids is 1. The van der Waals surface area contributed by atoms with Crippen molar-refractivity contribution in [2.75, 3.05) is 18.4 Å². The third kappa shape index (κ3) is 3.21. The normalized spacial score (nSPS) is 26.8. The standard InChI is InChI=1S/C29H34N4O3S/c1-19-12-13-20(18-23(19)37(35,36)33-16-8-5-9-17-33)30-26(34)29-15-14-28(4,27(29,2)3)24-25(29)32-22-11-7-6-10-21(22)31-24/h6-7,10-13,18H,5,8-9,14-17H2,1-4H3,(H,30,34). The number of piperidine rings is 1. The fraction of sp³-hybridized carbons (Fsp3) is 0.483. The molecule has 2 aromatic carbocycles. The summed E-state index contributed by atoms with van der Waals surface area (Å²) in [6, 6.07) is 13.0. The summed E-state index contributed by atoms with van der Waals surface area (Å²) >= 11 is 0. The van der Waals surface area contributed by atoms with E-state index in [0.29, 0.717) is 30.8 Å². The number of nitrogens with zero attached hydrogens (tertiary/aromatic N) is 3. The Balaban J connectivity index is 1.41. The minimum absolute atomic E-state index is 0.144. The van der Waals surface area contributed by atoms with Crippen molar-refractivity contribution >= 4 is 32.7 Å². The zero-order valence-corrected chi connectivity index (χ0v) is 22.8. The van der Waals surface area contributed by atoms with E-state index in [1.807, 2.05) is 24.3 Å². The van der Waals surface area contributed by atoms with Gasteiger partial charge in [0.15, 0.2) is 0 Å². The van der Waals surface area contributed by atoms with Gasteiger partial charge in [-0.05, 0) is 67.9 Å². The lowest BCUT2D eigenvalue weighted by Crippen LogP contribution is -2.48. The van der Waals surface area contributed by atoms with Crippen LogP contribution in [-0.4, -0.2) is 41.7 Å². The average molecular weight is 519 g/mol. The number of para-hydroxylation sites is 2. The van der Waals surface area contributed by atoms with Gasteiger partial charge in [-0.3, -0.25) is 4.79 Å². The van der Waals surface area contributed by atoms with E-state index in [2.05, 4.69) is 26.1 Å². The molecule has 2 atom stereocenters. The van der Waals surface area contributed by atoms with Gasteiger partial charge in [-0.15, -0.1) is 0 Å². The number of carbonyl (C=O) groups is 1. The number of hydrogen-bond acceptors (Lipinski definition) is 5. The monoisotopic (exact) mass is 518 g/mol. The molecule has 2 unspecified atom stereocenters. The first-order chi connectivity index (χ1) is 17.5. The van der Waals surface area contributed by atoms with Crippen LogP contribution in [0.15, 0.2) is 47.4 Å². The molecule has 7 nitrogen and oxygen atoms in total. The molecule has 2 fully saturated rings. The molecule has 3 aromatic rings. The van der Waals surface area contributed by atoms with Gasteiger partial charge in [-0.1, -0.05) is 45.4 Å². The van der Waals surface area contributed by atoms with E-state index in [0.717, 1.165) is 48.1 Å². The molecule has 2 heterocycles. The first kappa shape index (κ1) is 24.5. The summed E-state index contributed by atoms with van der Waals surface area (Å²) in [6.45, 7) is 9.38. The number of hydrogen-bond donors (Lipinski definition) is 1. The molecule has 2 bridgehead atoms. The van der Waals surface area contributed by atoms with Crippen LogP contribution in [0.25, 0.3) is 11.0 Å². The number of aromatic nitrogens is 2. The van der Waals surface area contributed by atoms with Crippen LogP contribution < -0.4 is 5.32 Å². The Morgan fingerprint density at radius 1 is 0.919 bits per heavy atom. The maximum Gasteiger partial charge on any atom is 0.243 e. The Morgan fingerprint density at radius 3 is 2.24 bits per heavy atom. The van der Waals surface area contributed by atoms with Gasteiger partial charge in [0.05, 0.1) is 32.7 Å². The van der Waals surface area contributed by atoms with Crippen LogP contribution in [-0.2, 0) is 25.6 Å². The average Bonchev–Trinajstić information content (AvgIpc) is 3.19. The van der Waals surface area contributed by atoms with Crippen molar-refractivity contribution in [1.82, 2.24) is 14.3 Å². The molecule has 2 aliphatic carbocycles. The summed E-state index contributed by atoms with van der Waals surface area (Å²) in [5.41, 5.74) is 2.91. The third-order valence-electron chi connectivity index (χ3n) is 9.71. The molecular formula is C29H34N4O3S. The molecule has 1 saturated carbocycles. The summed E-state index contributed by atoms with van der Waals surface area (Å²) in [7, 11) is -3.63. The number of benzene rings is 2. The summed E-state index contributed by atoms with van der Waals surface area (Å²) in [6.07, 6.45) is 4.32. The molecule has 1 aliphatic heterocycles. The molecule has 0 spiro atoms. The summed E-state index contributed by atoms with van der Waals surface area (Å²) in [5.74, 6) is -0.144. The fourth-order valence-electron chi connectivity index (χ4n) is 6.99. The number of amides is 1. The highest BCUT2D eigenvalue weighted by atomic mass is 32.2. The Morgan fingerprint density at radius 2 is 1.57 bits per heavy atom. The van der Waals surface area contributed by atoms with E-state index in [1.165, 1.54) is 0 Å². The van der Waals surface area contributed by atoms with Crippen LogP contribution in [0.5, 0.6) is 0 Å². The molecule has 0 radical (unpaired) electrons. The zero-order chi connectivity index (χ0) is 26.2. The van der Waals surface area contributed by atoms with Gasteiger partial charge >= 0.3 is 0 Å². The number of nitrogens with one attached hydrogen (secondary N) is 1. The Labute approximate surface area is 218 Å². The highest BCUT2D eigenvalue weighted by Gasteiger charge is 2.73. The number of anilines is 1. The second-order valence-electron chi connectivity index (χ2n) is 11.7. The van der Waals surface area contributed by atoms with Crippen LogP contribution in [0.4, 0.5) is 5.69 Å². The number of sulfonamides is 1. The van der Waals surface area contributed by atoms with E-state index < -0.39 is 20.9 Å². The molecule has 37 heavy (non-hydrogen) atoms. The molecule has 1 amide bonds. The molecule has 1 N–H and O–H groups in total. The van der Waals surface area contributed by atoms with E-state index >= 15 is 0 Å². The summed E-state index contributed by atoms with van der Waals surface area (Å²) in [5, 5.41) is 3.12. The minimum Gasteiger partial charge on any atom is -0.325 e. The minimum atomic E-state index is -3.63. The van der Waals surface area contributed by atoms with Gasteiger partial charge in [0.2, 0.25) is 15.9 Å². The van der Waals surface area contributed by atoms with Crippen molar-refractivity contribution < 1.29 is 13.2 Å². The molecule has 6 rings (SSSR count). The summed E-state index contributed by atoms with van der Waals surface area (Å²) in [4.78, 5) is 24.6. The maximum atomic E-state index is 14.3. The van der Waals surface area contributed by atoms with Crippen molar-refractivity contribution in [3.05, 3.63) is 59.4 Å². The van der Waals surface area contributed by atoms with Gasteiger partial charge in [-0.25, -0.2) is 18.4 Å². The topological polar surface area (TPSA) is 92.3 Å². The lowest BCUT2D eigenvalue weighted by Gasteiger charge is -2.39. The highest BCUT2D eigenvalue weighted by molar-refractivity contribution is 7.89. The van der Waals surface area contributed by atoms with Crippen LogP contribution >= 0.6 is 0 Å². The number of aryl methyl sites for hydroxylation is 1. The van der Waals surface area contributed by atoms with Crippen LogP contribution in [0, 0.1) is 12.3 Å². The maximum absolute atomic E-state index is 14.3. The van der Waals surface area contributed by atoms with Crippen LogP contribution in [0.3, 0.4) is 0 Å². The fourth-order valence-corrected chi connectivity index (χ4v) is 8.76. The quantitative estimate of drug-likeness (QED) is 0.520. The second kappa shape index (κ2) is 8.08. The van der Waals surface area contributed by atoms with E-state index in [1.54, 1.807) is 29.4 Å². The smallest absolute Gasteiger partial charge is 0.243 e. The Bertz CT molecular complexity index is 1540. The molecule has 3 aliphatic rings. The van der Waals surface area contributed by atoms with E-state index in [9.17, 15) is 13.2 Å². The largest absolute Gasteiger partial charge is 0.325 e. The van der Waals surface area contributed by atoms with Crippen molar-refractivity contribution in [2.45, 2.75) is 75.5 Å². The van der Waals surface area contributed by atoms with Crippen LogP contribution in [0.1, 0.15) is 69.8 Å². The van der Waals surface area contributed by atoms with E-state index in [4.69, 9.17) is 9.97 Å². The first-order valence-corrected chi connectivity index (χ1v) is 14.7. The van der Waals surface area contributed by atoms with Crippen molar-refractivity contribution in [3.8, 4) is 0 Å². The molecule has 1 saturated heterocycles. The van der Waals surface area contributed by atoms with Gasteiger partial charge in [0.25, 0.3) is 0 Å². The van der Waals surface area contributed by atoms with Gasteiger partial charge in [0.1, 0.15) is 0 Å². The second-order valence-corrected chi connectivity index (χ2v) is 13.6. The lowest BCUT2D eigenvalue weighted by atomic mass is 9.63. The third-order valence-corrected chi connectivity index (χ3v) is 11.8. The predicted octanol–water partition coefficient (Wildman–Crippen LogP) is 5.08. The highest BCUT2D eigenvalue weighted by Crippen LogP contribution is 2.70. The predicted molar refractivity (Wildman–Crippen MR) is 144 cm³/mol. The van der Waals surface area contributed by atoms with Gasteiger partial charge in [0, 0.05) is 24.2 Å². The Hall–Kier alpha value is -2.84. The number of rotatable bonds is 4.